The molecule has 0 heterocycles. The van der Waals surface area contributed by atoms with Crippen LogP contribution >= 0.6 is 0 Å². The monoisotopic (exact) mass is 317 g/mol. The summed E-state index contributed by atoms with van der Waals surface area (Å²) in [6.07, 6.45) is 11.8. The van der Waals surface area contributed by atoms with Gasteiger partial charge in [0.05, 0.1) is 13.2 Å². The zero-order chi connectivity index (χ0) is 16.8. The van der Waals surface area contributed by atoms with Gasteiger partial charge in [-0.2, -0.15) is 0 Å². The van der Waals surface area contributed by atoms with Crippen molar-refractivity contribution in [3.8, 4) is 11.5 Å². The number of allylic oxidation sites excluding steroid dienone is 1. The van der Waals surface area contributed by atoms with E-state index in [1.165, 1.54) is 32.1 Å². The molecule has 0 saturated carbocycles. The van der Waals surface area contributed by atoms with Crippen LogP contribution in [0.2, 0.25) is 0 Å². The van der Waals surface area contributed by atoms with Gasteiger partial charge in [0.25, 0.3) is 0 Å². The summed E-state index contributed by atoms with van der Waals surface area (Å²) in [6, 6.07) is 8.77. The van der Waals surface area contributed by atoms with E-state index in [1.807, 2.05) is 24.3 Å². The number of benzene rings is 1. The Hall–Kier alpha value is -1.44. The Balaban J connectivity index is 2.18. The SMILES string of the molecule is C=CCCCCCCCCOc1c[c]ccc1OCC(C)CC. The van der Waals surface area contributed by atoms with Gasteiger partial charge in [0, 0.05) is 0 Å². The molecule has 1 rings (SSSR count). The Morgan fingerprint density at radius 2 is 1.83 bits per heavy atom. The van der Waals surface area contributed by atoms with Gasteiger partial charge >= 0.3 is 0 Å². The summed E-state index contributed by atoms with van der Waals surface area (Å²) in [5.74, 6) is 2.23. The molecule has 2 heteroatoms. The molecule has 0 bridgehead atoms. The highest BCUT2D eigenvalue weighted by Gasteiger charge is 2.06. The van der Waals surface area contributed by atoms with Crippen molar-refractivity contribution in [1.29, 1.82) is 0 Å². The van der Waals surface area contributed by atoms with Gasteiger partial charge in [0.2, 0.25) is 0 Å². The van der Waals surface area contributed by atoms with Gasteiger partial charge in [-0.05, 0) is 43.4 Å². The lowest BCUT2D eigenvalue weighted by atomic mass is 10.1. The average Bonchev–Trinajstić information content (AvgIpc) is 2.59. The van der Waals surface area contributed by atoms with Crippen LogP contribution in [0.5, 0.6) is 11.5 Å². The molecule has 129 valence electrons. The molecule has 0 aliphatic carbocycles. The van der Waals surface area contributed by atoms with E-state index in [2.05, 4.69) is 26.5 Å². The van der Waals surface area contributed by atoms with Gasteiger partial charge in [0.15, 0.2) is 11.5 Å². The molecule has 0 aliphatic rings. The third-order valence-electron chi connectivity index (χ3n) is 4.07. The quantitative estimate of drug-likeness (QED) is 0.300. The largest absolute Gasteiger partial charge is 0.490 e. The van der Waals surface area contributed by atoms with Crippen LogP contribution < -0.4 is 9.47 Å². The molecule has 23 heavy (non-hydrogen) atoms. The van der Waals surface area contributed by atoms with Crippen molar-refractivity contribution < 1.29 is 9.47 Å². The summed E-state index contributed by atoms with van der Waals surface area (Å²) in [4.78, 5) is 0. The average molecular weight is 317 g/mol. The second-order valence-corrected chi connectivity index (χ2v) is 6.24. The maximum atomic E-state index is 5.88. The lowest BCUT2D eigenvalue weighted by Gasteiger charge is -2.14. The molecule has 0 saturated heterocycles. The van der Waals surface area contributed by atoms with Crippen LogP contribution in [0, 0.1) is 12.0 Å². The molecular weight excluding hydrogens is 284 g/mol. The normalized spacial score (nSPS) is 11.9. The first-order valence-corrected chi connectivity index (χ1v) is 9.14. The van der Waals surface area contributed by atoms with Gasteiger partial charge in [-0.3, -0.25) is 0 Å². The minimum absolute atomic E-state index is 0.563. The zero-order valence-electron chi connectivity index (χ0n) is 15.0. The van der Waals surface area contributed by atoms with E-state index in [0.29, 0.717) is 5.92 Å². The van der Waals surface area contributed by atoms with Crippen LogP contribution in [-0.2, 0) is 0 Å². The van der Waals surface area contributed by atoms with E-state index < -0.39 is 0 Å². The summed E-state index contributed by atoms with van der Waals surface area (Å²) in [5.41, 5.74) is 0. The predicted octanol–water partition coefficient (Wildman–Crippen LogP) is 6.21. The zero-order valence-corrected chi connectivity index (χ0v) is 15.0. The molecule has 0 aliphatic heterocycles. The number of unbranched alkanes of at least 4 members (excludes halogenated alkanes) is 6. The summed E-state index contributed by atoms with van der Waals surface area (Å²) in [6.45, 7) is 9.63. The maximum absolute atomic E-state index is 5.88. The molecule has 1 aromatic rings. The lowest BCUT2D eigenvalue weighted by molar-refractivity contribution is 0.232. The Morgan fingerprint density at radius 1 is 1.09 bits per heavy atom. The molecule has 1 aromatic carbocycles. The molecule has 1 unspecified atom stereocenters. The second kappa shape index (κ2) is 13.0. The summed E-state index contributed by atoms with van der Waals surface area (Å²) >= 11 is 0. The van der Waals surface area contributed by atoms with E-state index in [9.17, 15) is 0 Å². The van der Waals surface area contributed by atoms with Crippen molar-refractivity contribution in [3.63, 3.8) is 0 Å². The van der Waals surface area contributed by atoms with Crippen LogP contribution in [-0.4, -0.2) is 13.2 Å². The number of rotatable bonds is 14. The van der Waals surface area contributed by atoms with E-state index >= 15 is 0 Å². The molecule has 0 N–H and O–H groups in total. The van der Waals surface area contributed by atoms with Crippen molar-refractivity contribution in [1.82, 2.24) is 0 Å². The van der Waals surface area contributed by atoms with Gasteiger partial charge in [-0.25, -0.2) is 0 Å². The topological polar surface area (TPSA) is 18.5 Å². The summed E-state index contributed by atoms with van der Waals surface area (Å²) in [7, 11) is 0. The van der Waals surface area contributed by atoms with E-state index in [-0.39, 0.29) is 0 Å². The van der Waals surface area contributed by atoms with Crippen LogP contribution in [0.25, 0.3) is 0 Å². The number of ether oxygens (including phenoxy) is 2. The smallest absolute Gasteiger partial charge is 0.161 e. The Labute approximate surface area is 142 Å². The molecule has 0 fully saturated rings. The number of hydrogen-bond donors (Lipinski definition) is 0. The van der Waals surface area contributed by atoms with E-state index in [0.717, 1.165) is 44.0 Å². The molecule has 2 nitrogen and oxygen atoms in total. The van der Waals surface area contributed by atoms with Crippen LogP contribution in [0.3, 0.4) is 0 Å². The molecule has 1 radical (unpaired) electrons. The first kappa shape index (κ1) is 19.6. The van der Waals surface area contributed by atoms with Crippen molar-refractivity contribution >= 4 is 0 Å². The van der Waals surface area contributed by atoms with Crippen LogP contribution in [0.15, 0.2) is 30.9 Å². The minimum atomic E-state index is 0.563. The summed E-state index contributed by atoms with van der Waals surface area (Å²) in [5, 5.41) is 0. The molecule has 0 spiro atoms. The van der Waals surface area contributed by atoms with Gasteiger partial charge in [0.1, 0.15) is 0 Å². The van der Waals surface area contributed by atoms with Crippen LogP contribution in [0.1, 0.15) is 65.2 Å². The Bertz CT molecular complexity index is 414. The van der Waals surface area contributed by atoms with Crippen molar-refractivity contribution in [3.05, 3.63) is 36.9 Å². The lowest BCUT2D eigenvalue weighted by Crippen LogP contribution is -2.08. The van der Waals surface area contributed by atoms with Crippen LogP contribution in [0.4, 0.5) is 0 Å². The maximum Gasteiger partial charge on any atom is 0.161 e. The molecular formula is C21H33O2. The second-order valence-electron chi connectivity index (χ2n) is 6.24. The Morgan fingerprint density at radius 3 is 2.57 bits per heavy atom. The standard InChI is InChI=1S/C21H33O2/c1-4-6-7-8-9-10-11-14-17-22-20-15-12-13-16-21(20)23-18-19(3)5-2/h4,13,15-16,19H,1,5-11,14,17-18H2,2-3H3. The van der Waals surface area contributed by atoms with Crippen molar-refractivity contribution in [2.45, 2.75) is 65.2 Å². The van der Waals surface area contributed by atoms with Crippen molar-refractivity contribution in [2.75, 3.05) is 13.2 Å². The van der Waals surface area contributed by atoms with E-state index in [1.54, 1.807) is 0 Å². The fourth-order valence-corrected chi connectivity index (χ4v) is 2.26. The van der Waals surface area contributed by atoms with Gasteiger partial charge in [-0.1, -0.05) is 58.1 Å². The van der Waals surface area contributed by atoms with Gasteiger partial charge < -0.3 is 9.47 Å². The highest BCUT2D eigenvalue weighted by Crippen LogP contribution is 2.27. The third kappa shape index (κ3) is 9.32. The van der Waals surface area contributed by atoms with E-state index in [4.69, 9.17) is 9.47 Å². The third-order valence-corrected chi connectivity index (χ3v) is 4.07. The molecule has 0 aromatic heterocycles. The fraction of sp³-hybridized carbons (Fsp3) is 0.619. The minimum Gasteiger partial charge on any atom is -0.490 e. The van der Waals surface area contributed by atoms with Crippen molar-refractivity contribution in [2.24, 2.45) is 5.92 Å². The first-order chi connectivity index (χ1) is 11.3. The highest BCUT2D eigenvalue weighted by atomic mass is 16.5. The Kier molecular flexibility index (Phi) is 11.1. The summed E-state index contributed by atoms with van der Waals surface area (Å²) < 4.78 is 11.7. The first-order valence-electron chi connectivity index (χ1n) is 9.14. The highest BCUT2D eigenvalue weighted by molar-refractivity contribution is 5.38. The van der Waals surface area contributed by atoms with Gasteiger partial charge in [-0.15, -0.1) is 6.58 Å². The predicted molar refractivity (Wildman–Crippen MR) is 98.2 cm³/mol. The number of hydrogen-bond acceptors (Lipinski definition) is 2. The molecule has 0 amide bonds. The molecule has 1 atom stereocenters. The fourth-order valence-electron chi connectivity index (χ4n) is 2.26.